The molecule has 0 saturated heterocycles. The Labute approximate surface area is 90.7 Å². The Morgan fingerprint density at radius 1 is 1.40 bits per heavy atom. The molecule has 0 rings (SSSR count). The monoisotopic (exact) mass is 237 g/mol. The molecule has 0 aliphatic heterocycles. The largest absolute Gasteiger partial charge is 0.355 e. The van der Waals surface area contributed by atoms with Gasteiger partial charge in [-0.3, -0.25) is 4.79 Å². The van der Waals surface area contributed by atoms with Gasteiger partial charge in [0, 0.05) is 18.5 Å². The molecule has 0 aliphatic carbocycles. The van der Waals surface area contributed by atoms with E-state index in [0.717, 1.165) is 0 Å². The molecule has 1 amide bonds. The molecule has 0 aromatic rings. The van der Waals surface area contributed by atoms with Gasteiger partial charge in [-0.2, -0.15) is 0 Å². The molecular formula is C8H19N3O3S. The molecule has 0 heterocycles. The first kappa shape index (κ1) is 14.3. The minimum Gasteiger partial charge on any atom is -0.355 e. The van der Waals surface area contributed by atoms with E-state index >= 15 is 0 Å². The summed E-state index contributed by atoms with van der Waals surface area (Å²) in [6.07, 6.45) is 0.173. The van der Waals surface area contributed by atoms with Gasteiger partial charge in [0.1, 0.15) is 0 Å². The molecular weight excluding hydrogens is 218 g/mol. The number of hydrogen-bond acceptors (Lipinski definition) is 4. The number of nitrogens with two attached hydrogens (primary N) is 1. The molecule has 7 heteroatoms. The van der Waals surface area contributed by atoms with Crippen molar-refractivity contribution in [1.29, 1.82) is 0 Å². The van der Waals surface area contributed by atoms with Crippen molar-refractivity contribution in [3.05, 3.63) is 0 Å². The van der Waals surface area contributed by atoms with Gasteiger partial charge in [-0.05, 0) is 20.9 Å². The first-order valence-electron chi connectivity index (χ1n) is 4.63. The van der Waals surface area contributed by atoms with Crippen LogP contribution >= 0.6 is 0 Å². The van der Waals surface area contributed by atoms with Crippen LogP contribution in [0.2, 0.25) is 0 Å². The van der Waals surface area contributed by atoms with Crippen LogP contribution in [0.1, 0.15) is 20.3 Å². The lowest BCUT2D eigenvalue weighted by molar-refractivity contribution is -0.121. The minimum atomic E-state index is -3.25. The maximum absolute atomic E-state index is 11.2. The second-order valence-electron chi connectivity index (χ2n) is 4.04. The predicted octanol–water partition coefficient (Wildman–Crippen LogP) is -1.22. The van der Waals surface area contributed by atoms with E-state index in [4.69, 9.17) is 5.73 Å². The average Bonchev–Trinajstić information content (AvgIpc) is 2.00. The number of rotatable bonds is 6. The van der Waals surface area contributed by atoms with Gasteiger partial charge < -0.3 is 11.1 Å². The van der Waals surface area contributed by atoms with Gasteiger partial charge >= 0.3 is 0 Å². The van der Waals surface area contributed by atoms with E-state index in [1.807, 2.05) is 0 Å². The zero-order chi connectivity index (χ0) is 12.1. The van der Waals surface area contributed by atoms with E-state index in [0.29, 0.717) is 0 Å². The summed E-state index contributed by atoms with van der Waals surface area (Å²) >= 11 is 0. The van der Waals surface area contributed by atoms with E-state index in [1.54, 1.807) is 13.8 Å². The highest BCUT2D eigenvalue weighted by molar-refractivity contribution is 7.89. The van der Waals surface area contributed by atoms with Crippen LogP contribution in [0.3, 0.4) is 0 Å². The summed E-state index contributed by atoms with van der Waals surface area (Å²) in [5.74, 6) is -0.367. The van der Waals surface area contributed by atoms with Crippen molar-refractivity contribution in [3.63, 3.8) is 0 Å². The summed E-state index contributed by atoms with van der Waals surface area (Å²) in [6, 6.07) is 0. The topological polar surface area (TPSA) is 101 Å². The SMILES string of the molecule is CNS(=O)(=O)CCNC(=O)CC(C)(C)N. The lowest BCUT2D eigenvalue weighted by atomic mass is 10.0. The van der Waals surface area contributed by atoms with Gasteiger partial charge in [0.25, 0.3) is 0 Å². The third kappa shape index (κ3) is 8.34. The number of hydrogen-bond donors (Lipinski definition) is 3. The molecule has 0 unspecified atom stereocenters. The molecule has 0 fully saturated rings. The zero-order valence-corrected chi connectivity index (χ0v) is 10.1. The number of nitrogens with one attached hydrogen (secondary N) is 2. The van der Waals surface area contributed by atoms with Crippen LogP contribution in [0.4, 0.5) is 0 Å². The first-order valence-corrected chi connectivity index (χ1v) is 6.28. The van der Waals surface area contributed by atoms with Crippen molar-refractivity contribution < 1.29 is 13.2 Å². The van der Waals surface area contributed by atoms with Crippen LogP contribution in [-0.2, 0) is 14.8 Å². The second-order valence-corrected chi connectivity index (χ2v) is 6.08. The van der Waals surface area contributed by atoms with Crippen molar-refractivity contribution in [2.75, 3.05) is 19.3 Å². The van der Waals surface area contributed by atoms with Crippen LogP contribution in [0.25, 0.3) is 0 Å². The Hall–Kier alpha value is -0.660. The van der Waals surface area contributed by atoms with Crippen LogP contribution in [0.5, 0.6) is 0 Å². The van der Waals surface area contributed by atoms with E-state index in [9.17, 15) is 13.2 Å². The van der Waals surface area contributed by atoms with Gasteiger partial charge in [-0.25, -0.2) is 13.1 Å². The van der Waals surface area contributed by atoms with Gasteiger partial charge in [0.05, 0.1) is 5.75 Å². The Kier molecular flexibility index (Phi) is 5.19. The van der Waals surface area contributed by atoms with Crippen molar-refractivity contribution in [3.8, 4) is 0 Å². The Balaban J connectivity index is 3.84. The summed E-state index contributed by atoms with van der Waals surface area (Å²) in [5, 5.41) is 2.49. The summed E-state index contributed by atoms with van der Waals surface area (Å²) in [4.78, 5) is 11.2. The quantitative estimate of drug-likeness (QED) is 0.539. The van der Waals surface area contributed by atoms with E-state index in [-0.39, 0.29) is 24.6 Å². The predicted molar refractivity (Wildman–Crippen MR) is 58.7 cm³/mol. The smallest absolute Gasteiger partial charge is 0.221 e. The summed E-state index contributed by atoms with van der Waals surface area (Å²) < 4.78 is 24.1. The molecule has 90 valence electrons. The number of sulfonamides is 1. The fraction of sp³-hybridized carbons (Fsp3) is 0.875. The van der Waals surface area contributed by atoms with E-state index in [2.05, 4.69) is 10.0 Å². The average molecular weight is 237 g/mol. The van der Waals surface area contributed by atoms with Crippen LogP contribution in [0, 0.1) is 0 Å². The maximum atomic E-state index is 11.2. The van der Waals surface area contributed by atoms with Crippen molar-refractivity contribution in [1.82, 2.24) is 10.0 Å². The minimum absolute atomic E-state index is 0.0953. The van der Waals surface area contributed by atoms with Crippen LogP contribution in [-0.4, -0.2) is 39.2 Å². The Morgan fingerprint density at radius 3 is 2.33 bits per heavy atom. The first-order chi connectivity index (χ1) is 6.66. The lowest BCUT2D eigenvalue weighted by Gasteiger charge is -2.17. The van der Waals surface area contributed by atoms with Crippen LogP contribution < -0.4 is 15.8 Å². The fourth-order valence-electron chi connectivity index (χ4n) is 0.903. The highest BCUT2D eigenvalue weighted by Gasteiger charge is 2.16. The molecule has 6 nitrogen and oxygen atoms in total. The van der Waals surface area contributed by atoms with Crippen molar-refractivity contribution in [2.45, 2.75) is 25.8 Å². The summed E-state index contributed by atoms with van der Waals surface area (Å²) in [7, 11) is -1.92. The molecule has 0 aromatic carbocycles. The van der Waals surface area contributed by atoms with Crippen molar-refractivity contribution in [2.24, 2.45) is 5.73 Å². The van der Waals surface area contributed by atoms with Crippen molar-refractivity contribution >= 4 is 15.9 Å². The van der Waals surface area contributed by atoms with Gasteiger partial charge in [-0.1, -0.05) is 0 Å². The molecule has 15 heavy (non-hydrogen) atoms. The van der Waals surface area contributed by atoms with Gasteiger partial charge in [0.2, 0.25) is 15.9 Å². The molecule has 0 aromatic heterocycles. The standard InChI is InChI=1S/C8H19N3O3S/c1-8(2,9)6-7(12)11-4-5-15(13,14)10-3/h10H,4-6,9H2,1-3H3,(H,11,12). The Bertz CT molecular complexity index is 306. The molecule has 0 spiro atoms. The zero-order valence-electron chi connectivity index (χ0n) is 9.33. The van der Waals surface area contributed by atoms with Gasteiger partial charge in [-0.15, -0.1) is 0 Å². The number of carbonyl (C=O) groups excluding carboxylic acids is 1. The molecule has 0 radical (unpaired) electrons. The Morgan fingerprint density at radius 2 is 1.93 bits per heavy atom. The molecule has 0 atom stereocenters. The fourth-order valence-corrected chi connectivity index (χ4v) is 1.48. The van der Waals surface area contributed by atoms with E-state index in [1.165, 1.54) is 7.05 Å². The third-order valence-corrected chi connectivity index (χ3v) is 2.98. The summed E-state index contributed by atoms with van der Waals surface area (Å²) in [5.41, 5.74) is 5.05. The highest BCUT2D eigenvalue weighted by atomic mass is 32.2. The van der Waals surface area contributed by atoms with E-state index < -0.39 is 15.6 Å². The third-order valence-electron chi connectivity index (χ3n) is 1.62. The molecule has 0 aliphatic rings. The summed E-state index contributed by atoms with van der Waals surface area (Å²) in [6.45, 7) is 3.56. The maximum Gasteiger partial charge on any atom is 0.221 e. The number of amides is 1. The normalized spacial score (nSPS) is 12.5. The second kappa shape index (κ2) is 5.43. The lowest BCUT2D eigenvalue weighted by Crippen LogP contribution is -2.40. The molecule has 0 saturated carbocycles. The van der Waals surface area contributed by atoms with Crippen LogP contribution in [0.15, 0.2) is 0 Å². The molecule has 0 bridgehead atoms. The highest BCUT2D eigenvalue weighted by Crippen LogP contribution is 2.02. The number of carbonyl (C=O) groups is 1. The molecule has 4 N–H and O–H groups in total. The van der Waals surface area contributed by atoms with Gasteiger partial charge in [0.15, 0.2) is 0 Å².